The molecule has 0 saturated carbocycles. The molecule has 1 aromatic heterocycles. The van der Waals surface area contributed by atoms with Gasteiger partial charge in [0.2, 0.25) is 0 Å². The van der Waals surface area contributed by atoms with E-state index in [4.69, 9.17) is 5.73 Å². The number of carbonyl (C=O) groups is 1. The molecular weight excluding hydrogens is 258 g/mol. The Hall–Kier alpha value is -1.72. The van der Waals surface area contributed by atoms with E-state index in [1.807, 2.05) is 35.9 Å². The van der Waals surface area contributed by atoms with Gasteiger partial charge < -0.3 is 16.0 Å². The van der Waals surface area contributed by atoms with Gasteiger partial charge in [0.05, 0.1) is 17.6 Å². The highest BCUT2D eigenvalue weighted by atomic mass is 32.2. The average Bonchev–Trinajstić information content (AvgIpc) is 3.08. The SMILES string of the molecule is N[C@@H](Cc1c[nH]c2ccccc12)C(=O)C1=CSCN1. The number of carbonyl (C=O) groups excluding carboxylic acids is 1. The molecule has 1 aliphatic rings. The number of aromatic nitrogens is 1. The van der Waals surface area contributed by atoms with E-state index in [1.165, 1.54) is 0 Å². The van der Waals surface area contributed by atoms with Crippen LogP contribution in [-0.2, 0) is 11.2 Å². The molecule has 0 saturated heterocycles. The lowest BCUT2D eigenvalue weighted by Crippen LogP contribution is -2.36. The van der Waals surface area contributed by atoms with Crippen LogP contribution < -0.4 is 11.1 Å². The number of hydrogen-bond donors (Lipinski definition) is 3. The minimum atomic E-state index is -0.503. The first-order chi connectivity index (χ1) is 9.25. The minimum Gasteiger partial charge on any atom is -0.372 e. The molecule has 4 nitrogen and oxygen atoms in total. The van der Waals surface area contributed by atoms with Gasteiger partial charge in [-0.3, -0.25) is 4.79 Å². The zero-order valence-corrected chi connectivity index (χ0v) is 11.2. The van der Waals surface area contributed by atoms with E-state index in [0.717, 1.165) is 22.3 Å². The number of aromatic amines is 1. The smallest absolute Gasteiger partial charge is 0.196 e. The number of hydrogen-bond acceptors (Lipinski definition) is 4. The van der Waals surface area contributed by atoms with Crippen molar-refractivity contribution in [3.63, 3.8) is 0 Å². The lowest BCUT2D eigenvalue weighted by atomic mass is 10.0. The van der Waals surface area contributed by atoms with E-state index in [1.54, 1.807) is 11.8 Å². The second kappa shape index (κ2) is 5.11. The molecule has 1 aliphatic heterocycles. The van der Waals surface area contributed by atoms with Crippen molar-refractivity contribution < 1.29 is 4.79 Å². The number of fused-ring (bicyclic) bond motifs is 1. The van der Waals surface area contributed by atoms with Crippen LogP contribution >= 0.6 is 11.8 Å². The summed E-state index contributed by atoms with van der Waals surface area (Å²) in [5.74, 6) is 0.733. The van der Waals surface area contributed by atoms with Crippen molar-refractivity contribution >= 4 is 28.4 Å². The largest absolute Gasteiger partial charge is 0.372 e. The molecule has 0 unspecified atom stereocenters. The van der Waals surface area contributed by atoms with Crippen molar-refractivity contribution in [1.29, 1.82) is 0 Å². The second-order valence-electron chi connectivity index (χ2n) is 4.55. The Morgan fingerprint density at radius 3 is 3.05 bits per heavy atom. The molecule has 19 heavy (non-hydrogen) atoms. The van der Waals surface area contributed by atoms with Crippen molar-refractivity contribution in [2.75, 3.05) is 5.88 Å². The monoisotopic (exact) mass is 273 g/mol. The Labute approximate surface area is 115 Å². The predicted octanol–water partition coefficient (Wildman–Crippen LogP) is 1.74. The quantitative estimate of drug-likeness (QED) is 0.793. The number of nitrogens with two attached hydrogens (primary N) is 1. The van der Waals surface area contributed by atoms with Crippen LogP contribution in [0.2, 0.25) is 0 Å². The van der Waals surface area contributed by atoms with Crippen LogP contribution in [0.25, 0.3) is 10.9 Å². The number of rotatable bonds is 4. The topological polar surface area (TPSA) is 70.9 Å². The predicted molar refractivity (Wildman–Crippen MR) is 78.7 cm³/mol. The summed E-state index contributed by atoms with van der Waals surface area (Å²) in [6.45, 7) is 0. The van der Waals surface area contributed by atoms with Gasteiger partial charge in [-0.1, -0.05) is 18.2 Å². The lowest BCUT2D eigenvalue weighted by molar-refractivity contribution is -0.117. The number of thioether (sulfide) groups is 1. The molecule has 2 heterocycles. The van der Waals surface area contributed by atoms with Gasteiger partial charge in [0, 0.05) is 17.1 Å². The molecular formula is C14H15N3OS. The van der Waals surface area contributed by atoms with Crippen molar-refractivity contribution in [2.24, 2.45) is 5.73 Å². The van der Waals surface area contributed by atoms with Crippen molar-refractivity contribution in [1.82, 2.24) is 10.3 Å². The van der Waals surface area contributed by atoms with Gasteiger partial charge in [0.25, 0.3) is 0 Å². The van der Waals surface area contributed by atoms with Gasteiger partial charge in [-0.2, -0.15) is 0 Å². The summed E-state index contributed by atoms with van der Waals surface area (Å²) >= 11 is 1.58. The fourth-order valence-corrected chi connectivity index (χ4v) is 2.95. The first-order valence-electron chi connectivity index (χ1n) is 6.16. The Kier molecular flexibility index (Phi) is 3.31. The molecule has 5 heteroatoms. The van der Waals surface area contributed by atoms with Crippen LogP contribution in [0.3, 0.4) is 0 Å². The van der Waals surface area contributed by atoms with Crippen LogP contribution in [0.1, 0.15) is 5.56 Å². The molecule has 3 rings (SSSR count). The van der Waals surface area contributed by atoms with Crippen molar-refractivity contribution in [3.8, 4) is 0 Å². The molecule has 1 atom stereocenters. The summed E-state index contributed by atoms with van der Waals surface area (Å²) in [5.41, 5.74) is 8.82. The maximum Gasteiger partial charge on any atom is 0.196 e. The van der Waals surface area contributed by atoms with Crippen LogP contribution in [-0.4, -0.2) is 22.7 Å². The highest BCUT2D eigenvalue weighted by Crippen LogP contribution is 2.20. The number of ketones is 1. The summed E-state index contributed by atoms with van der Waals surface area (Å²) in [7, 11) is 0. The lowest BCUT2D eigenvalue weighted by Gasteiger charge is -2.11. The molecule has 2 aromatic rings. The Balaban J connectivity index is 1.79. The number of Topliss-reactive ketones (excluding diaryl/α,β-unsaturated/α-hetero) is 1. The number of nitrogens with one attached hydrogen (secondary N) is 2. The molecule has 0 spiro atoms. The number of H-pyrrole nitrogens is 1. The number of benzene rings is 1. The van der Waals surface area contributed by atoms with Gasteiger partial charge in [-0.05, 0) is 23.5 Å². The summed E-state index contributed by atoms with van der Waals surface area (Å²) in [4.78, 5) is 15.3. The Morgan fingerprint density at radius 2 is 2.26 bits per heavy atom. The van der Waals surface area contributed by atoms with E-state index in [9.17, 15) is 4.79 Å². The fourth-order valence-electron chi connectivity index (χ4n) is 2.26. The molecule has 0 radical (unpaired) electrons. The Morgan fingerprint density at radius 1 is 1.42 bits per heavy atom. The van der Waals surface area contributed by atoms with E-state index in [0.29, 0.717) is 12.1 Å². The summed E-state index contributed by atoms with van der Waals surface area (Å²) in [5, 5.41) is 6.02. The first-order valence-corrected chi connectivity index (χ1v) is 7.21. The normalized spacial score (nSPS) is 16.2. The highest BCUT2D eigenvalue weighted by Gasteiger charge is 2.21. The standard InChI is InChI=1S/C14H15N3OS/c15-11(14(18)13-7-19-8-17-13)5-9-6-16-12-4-2-1-3-10(9)12/h1-4,6-7,11,16-17H,5,8,15H2/t11-/m0/s1. The zero-order valence-electron chi connectivity index (χ0n) is 10.3. The molecule has 0 bridgehead atoms. The van der Waals surface area contributed by atoms with E-state index >= 15 is 0 Å². The van der Waals surface area contributed by atoms with Crippen LogP contribution in [0, 0.1) is 0 Å². The van der Waals surface area contributed by atoms with Crippen LogP contribution in [0.4, 0.5) is 0 Å². The van der Waals surface area contributed by atoms with Gasteiger partial charge in [0.15, 0.2) is 5.78 Å². The van der Waals surface area contributed by atoms with Crippen LogP contribution in [0.5, 0.6) is 0 Å². The van der Waals surface area contributed by atoms with E-state index < -0.39 is 6.04 Å². The molecule has 0 fully saturated rings. The molecule has 1 aromatic carbocycles. The third kappa shape index (κ3) is 2.39. The maximum atomic E-state index is 12.1. The fraction of sp³-hybridized carbons (Fsp3) is 0.214. The molecule has 0 amide bonds. The van der Waals surface area contributed by atoms with E-state index in [-0.39, 0.29) is 5.78 Å². The van der Waals surface area contributed by atoms with Gasteiger partial charge >= 0.3 is 0 Å². The van der Waals surface area contributed by atoms with Gasteiger partial charge in [0.1, 0.15) is 0 Å². The third-order valence-electron chi connectivity index (χ3n) is 3.26. The summed E-state index contributed by atoms with van der Waals surface area (Å²) in [6, 6.07) is 7.53. The summed E-state index contributed by atoms with van der Waals surface area (Å²) in [6.07, 6.45) is 2.48. The first kappa shape index (κ1) is 12.3. The number of para-hydroxylation sites is 1. The minimum absolute atomic E-state index is 0.0183. The highest BCUT2D eigenvalue weighted by molar-refractivity contribution is 8.02. The van der Waals surface area contributed by atoms with Gasteiger partial charge in [-0.15, -0.1) is 11.8 Å². The van der Waals surface area contributed by atoms with Gasteiger partial charge in [-0.25, -0.2) is 0 Å². The second-order valence-corrected chi connectivity index (χ2v) is 5.41. The van der Waals surface area contributed by atoms with Crippen LogP contribution in [0.15, 0.2) is 41.6 Å². The maximum absolute atomic E-state index is 12.1. The molecule has 4 N–H and O–H groups in total. The van der Waals surface area contributed by atoms with Crippen molar-refractivity contribution in [3.05, 3.63) is 47.1 Å². The Bertz CT molecular complexity index is 647. The molecule has 98 valence electrons. The molecule has 0 aliphatic carbocycles. The van der Waals surface area contributed by atoms with Crippen molar-refractivity contribution in [2.45, 2.75) is 12.5 Å². The van der Waals surface area contributed by atoms with E-state index in [2.05, 4.69) is 10.3 Å². The summed E-state index contributed by atoms with van der Waals surface area (Å²) < 4.78 is 0. The zero-order chi connectivity index (χ0) is 13.2. The average molecular weight is 273 g/mol. The third-order valence-corrected chi connectivity index (χ3v) is 3.98.